The Balaban J connectivity index is 1.30. The largest absolute Gasteiger partial charge is 0.489 e. The average molecular weight is 527 g/mol. The molecule has 0 bridgehead atoms. The van der Waals surface area contributed by atoms with Crippen molar-refractivity contribution in [1.82, 2.24) is 14.7 Å². The van der Waals surface area contributed by atoms with Crippen LogP contribution in [0.4, 0.5) is 0 Å². The van der Waals surface area contributed by atoms with Crippen molar-refractivity contribution in [3.8, 4) is 5.75 Å². The van der Waals surface area contributed by atoms with Gasteiger partial charge < -0.3 is 9.64 Å². The fourth-order valence-electron chi connectivity index (χ4n) is 4.43. The van der Waals surface area contributed by atoms with Crippen molar-refractivity contribution in [3.63, 3.8) is 0 Å². The van der Waals surface area contributed by atoms with E-state index in [0.717, 1.165) is 42.1 Å². The molecule has 3 aromatic carbocycles. The highest BCUT2D eigenvalue weighted by Gasteiger charge is 2.29. The molecule has 0 radical (unpaired) electrons. The molecule has 190 valence electrons. The Bertz CT molecular complexity index is 1130. The van der Waals surface area contributed by atoms with Gasteiger partial charge in [-0.2, -0.15) is 0 Å². The number of amides is 1. The summed E-state index contributed by atoms with van der Waals surface area (Å²) < 4.78 is 5.90. The average Bonchev–Trinajstić information content (AvgIpc) is 2.90. The molecular weight excluding hydrogens is 493 g/mol. The first kappa shape index (κ1) is 26.5. The number of carbonyl (C=O) groups excluding carboxylic acids is 1. The van der Waals surface area contributed by atoms with Crippen LogP contribution in [0, 0.1) is 0 Å². The molecule has 0 saturated carbocycles. The number of likely N-dealkylation sites (N-methyl/N-ethyl adjacent to an activating group) is 1. The van der Waals surface area contributed by atoms with Crippen LogP contribution in [0.3, 0.4) is 0 Å². The molecule has 3 aromatic rings. The van der Waals surface area contributed by atoms with Crippen molar-refractivity contribution in [2.75, 3.05) is 40.3 Å². The van der Waals surface area contributed by atoms with E-state index in [2.05, 4.69) is 17.0 Å². The molecule has 0 unspecified atom stereocenters. The Hall–Kier alpha value is -2.57. The summed E-state index contributed by atoms with van der Waals surface area (Å²) in [6.07, 6.45) is 0.656. The van der Waals surface area contributed by atoms with Crippen molar-refractivity contribution in [2.45, 2.75) is 25.6 Å². The second-order valence-electron chi connectivity index (χ2n) is 9.42. The Morgan fingerprint density at radius 1 is 0.889 bits per heavy atom. The summed E-state index contributed by atoms with van der Waals surface area (Å²) in [7, 11) is 3.94. The Labute approximate surface area is 224 Å². The summed E-state index contributed by atoms with van der Waals surface area (Å²) >= 11 is 12.5. The van der Waals surface area contributed by atoms with Crippen molar-refractivity contribution in [3.05, 3.63) is 99.5 Å². The molecule has 0 aliphatic carbocycles. The molecule has 4 rings (SSSR count). The summed E-state index contributed by atoms with van der Waals surface area (Å²) in [5.74, 6) is 0.996. The molecule has 5 nitrogen and oxygen atoms in total. The van der Waals surface area contributed by atoms with Gasteiger partial charge in [0, 0.05) is 32.7 Å². The summed E-state index contributed by atoms with van der Waals surface area (Å²) in [4.78, 5) is 19.8. The van der Waals surface area contributed by atoms with E-state index in [1.807, 2.05) is 78.5 Å². The normalized spacial score (nSPS) is 15.2. The summed E-state index contributed by atoms with van der Waals surface area (Å²) in [6.45, 7) is 4.29. The third-order valence-electron chi connectivity index (χ3n) is 6.62. The van der Waals surface area contributed by atoms with E-state index in [0.29, 0.717) is 36.2 Å². The summed E-state index contributed by atoms with van der Waals surface area (Å²) in [5, 5.41) is 1.19. The Morgan fingerprint density at radius 2 is 1.58 bits per heavy atom. The quantitative estimate of drug-likeness (QED) is 0.375. The Morgan fingerprint density at radius 3 is 2.25 bits per heavy atom. The number of carbonyl (C=O) groups is 1. The molecule has 0 aromatic heterocycles. The van der Waals surface area contributed by atoms with E-state index >= 15 is 0 Å². The minimum Gasteiger partial charge on any atom is -0.489 e. The van der Waals surface area contributed by atoms with Crippen LogP contribution >= 0.6 is 23.2 Å². The molecule has 1 fully saturated rings. The predicted octanol–water partition coefficient (Wildman–Crippen LogP) is 5.39. The molecule has 1 amide bonds. The fraction of sp³-hybridized carbons (Fsp3) is 0.345. The zero-order valence-electron chi connectivity index (χ0n) is 20.9. The number of piperazine rings is 1. The van der Waals surface area contributed by atoms with Crippen LogP contribution in [0.2, 0.25) is 10.0 Å². The van der Waals surface area contributed by atoms with Crippen LogP contribution in [0.1, 0.15) is 16.7 Å². The molecule has 1 aliphatic rings. The molecule has 0 spiro atoms. The predicted molar refractivity (Wildman–Crippen MR) is 147 cm³/mol. The van der Waals surface area contributed by atoms with Gasteiger partial charge in [-0.15, -0.1) is 0 Å². The molecule has 36 heavy (non-hydrogen) atoms. The standard InChI is InChI=1S/C29H33Cl2N3O2/c1-32(2)27(19-22-11-13-25(14-12-22)36-21-23-7-4-3-5-8-23)29(35)34-17-15-33(16-18-34)20-24-9-6-10-26(30)28(24)31/h3-14,27H,15-21H2,1-2H3/t27-/m0/s1. The van der Waals surface area contributed by atoms with E-state index in [-0.39, 0.29) is 11.9 Å². The van der Waals surface area contributed by atoms with Crippen LogP contribution < -0.4 is 4.74 Å². The first-order chi connectivity index (χ1) is 17.4. The molecule has 7 heteroatoms. The molecule has 1 heterocycles. The van der Waals surface area contributed by atoms with Crippen molar-refractivity contribution < 1.29 is 9.53 Å². The van der Waals surface area contributed by atoms with Crippen LogP contribution in [0.25, 0.3) is 0 Å². The number of hydrogen-bond donors (Lipinski definition) is 0. The topological polar surface area (TPSA) is 36.0 Å². The number of hydrogen-bond acceptors (Lipinski definition) is 4. The van der Waals surface area contributed by atoms with Gasteiger partial charge in [0.1, 0.15) is 12.4 Å². The second-order valence-corrected chi connectivity index (χ2v) is 10.2. The number of halogens is 2. The number of ether oxygens (including phenoxy) is 1. The number of benzene rings is 3. The van der Waals surface area contributed by atoms with Crippen LogP contribution in [0.5, 0.6) is 5.75 Å². The lowest BCUT2D eigenvalue weighted by atomic mass is 10.0. The zero-order chi connectivity index (χ0) is 25.5. The van der Waals surface area contributed by atoms with Gasteiger partial charge in [-0.05, 0) is 55.4 Å². The molecule has 1 atom stereocenters. The van der Waals surface area contributed by atoms with E-state index in [4.69, 9.17) is 27.9 Å². The van der Waals surface area contributed by atoms with Gasteiger partial charge >= 0.3 is 0 Å². The van der Waals surface area contributed by atoms with E-state index < -0.39 is 0 Å². The molecular formula is C29H33Cl2N3O2. The van der Waals surface area contributed by atoms with Crippen molar-refractivity contribution in [1.29, 1.82) is 0 Å². The van der Waals surface area contributed by atoms with Gasteiger partial charge in [0.15, 0.2) is 0 Å². The highest BCUT2D eigenvalue weighted by Crippen LogP contribution is 2.27. The lowest BCUT2D eigenvalue weighted by Crippen LogP contribution is -2.54. The van der Waals surface area contributed by atoms with Crippen LogP contribution in [-0.4, -0.2) is 66.9 Å². The summed E-state index contributed by atoms with van der Waals surface area (Å²) in [5.41, 5.74) is 3.27. The molecule has 1 saturated heterocycles. The van der Waals surface area contributed by atoms with Crippen molar-refractivity contribution in [2.24, 2.45) is 0 Å². The second kappa shape index (κ2) is 12.6. The minimum atomic E-state index is -0.213. The summed E-state index contributed by atoms with van der Waals surface area (Å²) in [6, 6.07) is 23.7. The van der Waals surface area contributed by atoms with Crippen LogP contribution in [-0.2, 0) is 24.4 Å². The first-order valence-electron chi connectivity index (χ1n) is 12.3. The van der Waals surface area contributed by atoms with E-state index in [1.165, 1.54) is 0 Å². The highest BCUT2D eigenvalue weighted by atomic mass is 35.5. The van der Waals surface area contributed by atoms with Crippen LogP contribution in [0.15, 0.2) is 72.8 Å². The first-order valence-corrected chi connectivity index (χ1v) is 13.0. The van der Waals surface area contributed by atoms with Gasteiger partial charge in [-0.3, -0.25) is 14.6 Å². The third-order valence-corrected chi connectivity index (χ3v) is 7.48. The lowest BCUT2D eigenvalue weighted by molar-refractivity contribution is -0.137. The smallest absolute Gasteiger partial charge is 0.240 e. The van der Waals surface area contributed by atoms with Crippen molar-refractivity contribution >= 4 is 29.1 Å². The zero-order valence-corrected chi connectivity index (χ0v) is 22.4. The van der Waals surface area contributed by atoms with Gasteiger partial charge in [0.2, 0.25) is 5.91 Å². The highest BCUT2D eigenvalue weighted by molar-refractivity contribution is 6.42. The van der Waals surface area contributed by atoms with E-state index in [1.54, 1.807) is 6.07 Å². The number of rotatable bonds is 9. The lowest BCUT2D eigenvalue weighted by Gasteiger charge is -2.38. The monoisotopic (exact) mass is 525 g/mol. The molecule has 1 aliphatic heterocycles. The fourth-order valence-corrected chi connectivity index (χ4v) is 4.81. The minimum absolute atomic E-state index is 0.171. The Kier molecular flexibility index (Phi) is 9.27. The van der Waals surface area contributed by atoms with Gasteiger partial charge in [0.05, 0.1) is 16.1 Å². The van der Waals surface area contributed by atoms with Gasteiger partial charge in [-0.1, -0.05) is 77.8 Å². The third kappa shape index (κ3) is 7.01. The maximum absolute atomic E-state index is 13.4. The maximum atomic E-state index is 13.4. The van der Waals surface area contributed by atoms with Gasteiger partial charge in [-0.25, -0.2) is 0 Å². The maximum Gasteiger partial charge on any atom is 0.240 e. The van der Waals surface area contributed by atoms with Gasteiger partial charge in [0.25, 0.3) is 0 Å². The SMILES string of the molecule is CN(C)[C@@H](Cc1ccc(OCc2ccccc2)cc1)C(=O)N1CCN(Cc2cccc(Cl)c2Cl)CC1. The molecule has 0 N–H and O–H groups in total. The number of nitrogens with zero attached hydrogens (tertiary/aromatic N) is 3. The van der Waals surface area contributed by atoms with E-state index in [9.17, 15) is 4.79 Å².